The molecular weight excluding hydrogens is 268 g/mol. The first-order valence-electron chi connectivity index (χ1n) is 7.61. The number of piperidine rings is 1. The van der Waals surface area contributed by atoms with Gasteiger partial charge in [-0.2, -0.15) is 0 Å². The number of hydrogen-bond acceptors (Lipinski definition) is 4. The van der Waals surface area contributed by atoms with Crippen LogP contribution in [-0.2, 0) is 0 Å². The van der Waals surface area contributed by atoms with Gasteiger partial charge in [0.15, 0.2) is 0 Å². The summed E-state index contributed by atoms with van der Waals surface area (Å²) in [5, 5.41) is 0. The zero-order valence-corrected chi connectivity index (χ0v) is 12.1. The van der Waals surface area contributed by atoms with Crippen molar-refractivity contribution < 1.29 is 4.79 Å². The first-order valence-corrected chi connectivity index (χ1v) is 7.61. The molecule has 0 saturated carbocycles. The number of rotatable bonds is 2. The SMILES string of the molecule is NC1CCN(C2CCN(C(=O)c3ccc(=O)[nH]c3)C2)CC1. The minimum absolute atomic E-state index is 0.00228. The van der Waals surface area contributed by atoms with Crippen molar-refractivity contribution in [3.63, 3.8) is 0 Å². The third-order valence-electron chi connectivity index (χ3n) is 4.57. The smallest absolute Gasteiger partial charge is 0.255 e. The molecule has 0 spiro atoms. The molecule has 2 aliphatic rings. The predicted molar refractivity (Wildman–Crippen MR) is 80.2 cm³/mol. The van der Waals surface area contributed by atoms with E-state index in [0.717, 1.165) is 45.4 Å². The van der Waals surface area contributed by atoms with Crippen molar-refractivity contribution >= 4 is 5.91 Å². The maximum absolute atomic E-state index is 12.4. The van der Waals surface area contributed by atoms with Gasteiger partial charge in [-0.1, -0.05) is 0 Å². The summed E-state index contributed by atoms with van der Waals surface area (Å²) in [6.45, 7) is 3.62. The summed E-state index contributed by atoms with van der Waals surface area (Å²) < 4.78 is 0. The molecule has 0 aromatic carbocycles. The molecule has 1 aromatic rings. The molecule has 1 unspecified atom stereocenters. The lowest BCUT2D eigenvalue weighted by molar-refractivity contribution is 0.0769. The van der Waals surface area contributed by atoms with Crippen LogP contribution in [0, 0.1) is 0 Å². The van der Waals surface area contributed by atoms with E-state index in [1.54, 1.807) is 6.07 Å². The molecule has 6 heteroatoms. The molecule has 3 rings (SSSR count). The summed E-state index contributed by atoms with van der Waals surface area (Å²) in [5.41, 5.74) is 6.31. The highest BCUT2D eigenvalue weighted by Crippen LogP contribution is 2.21. The maximum Gasteiger partial charge on any atom is 0.255 e. The number of carbonyl (C=O) groups excluding carboxylic acids is 1. The second-order valence-electron chi connectivity index (χ2n) is 6.01. The van der Waals surface area contributed by atoms with E-state index in [2.05, 4.69) is 9.88 Å². The number of nitrogens with zero attached hydrogens (tertiary/aromatic N) is 2. The van der Waals surface area contributed by atoms with Crippen LogP contribution < -0.4 is 11.3 Å². The molecule has 0 bridgehead atoms. The number of carbonyl (C=O) groups is 1. The Hall–Kier alpha value is -1.66. The lowest BCUT2D eigenvalue weighted by Gasteiger charge is -2.34. The number of likely N-dealkylation sites (tertiary alicyclic amines) is 2. The topological polar surface area (TPSA) is 82.4 Å². The zero-order valence-electron chi connectivity index (χ0n) is 12.1. The molecule has 1 amide bonds. The number of nitrogens with one attached hydrogen (secondary N) is 1. The highest BCUT2D eigenvalue weighted by molar-refractivity contribution is 5.94. The van der Waals surface area contributed by atoms with Crippen LogP contribution in [0.2, 0.25) is 0 Å². The van der Waals surface area contributed by atoms with Gasteiger partial charge in [-0.25, -0.2) is 0 Å². The molecule has 0 aliphatic carbocycles. The zero-order chi connectivity index (χ0) is 14.8. The van der Waals surface area contributed by atoms with Crippen molar-refractivity contribution in [1.82, 2.24) is 14.8 Å². The second-order valence-corrected chi connectivity index (χ2v) is 6.01. The molecule has 3 N–H and O–H groups in total. The number of aromatic amines is 1. The molecule has 3 heterocycles. The second kappa shape index (κ2) is 5.99. The van der Waals surface area contributed by atoms with Gasteiger partial charge in [-0.15, -0.1) is 0 Å². The fourth-order valence-corrected chi connectivity index (χ4v) is 3.24. The number of pyridine rings is 1. The molecule has 6 nitrogen and oxygen atoms in total. The first-order chi connectivity index (χ1) is 10.1. The standard InChI is InChI=1S/C15H22N4O2/c16-12-3-6-18(7-4-12)13-5-8-19(10-13)15(21)11-1-2-14(20)17-9-11/h1-2,9,12-13H,3-8,10,16H2,(H,17,20). The van der Waals surface area contributed by atoms with Gasteiger partial charge in [-0.3, -0.25) is 14.5 Å². The Morgan fingerprint density at radius 3 is 2.62 bits per heavy atom. The average molecular weight is 290 g/mol. The van der Waals surface area contributed by atoms with Crippen LogP contribution in [0.4, 0.5) is 0 Å². The Labute approximate surface area is 123 Å². The fraction of sp³-hybridized carbons (Fsp3) is 0.600. The lowest BCUT2D eigenvalue weighted by atomic mass is 10.0. The molecule has 2 saturated heterocycles. The maximum atomic E-state index is 12.4. The quantitative estimate of drug-likeness (QED) is 0.804. The van der Waals surface area contributed by atoms with Crippen LogP contribution in [-0.4, -0.2) is 59.0 Å². The van der Waals surface area contributed by atoms with Gasteiger partial charge in [0.05, 0.1) is 5.56 Å². The van der Waals surface area contributed by atoms with E-state index in [0.29, 0.717) is 17.6 Å². The van der Waals surface area contributed by atoms with Crippen LogP contribution in [0.3, 0.4) is 0 Å². The summed E-state index contributed by atoms with van der Waals surface area (Å²) in [5.74, 6) is 0.00228. The van der Waals surface area contributed by atoms with Gasteiger partial charge in [-0.05, 0) is 38.4 Å². The highest BCUT2D eigenvalue weighted by atomic mass is 16.2. The minimum Gasteiger partial charge on any atom is -0.337 e. The summed E-state index contributed by atoms with van der Waals surface area (Å²) in [6.07, 6.45) is 4.61. The van der Waals surface area contributed by atoms with Crippen LogP contribution in [0.1, 0.15) is 29.6 Å². The van der Waals surface area contributed by atoms with Crippen molar-refractivity contribution in [2.75, 3.05) is 26.2 Å². The summed E-state index contributed by atoms with van der Waals surface area (Å²) >= 11 is 0. The highest BCUT2D eigenvalue weighted by Gasteiger charge is 2.32. The predicted octanol–water partition coefficient (Wildman–Crippen LogP) is 0.0125. The van der Waals surface area contributed by atoms with E-state index in [1.165, 1.54) is 12.3 Å². The van der Waals surface area contributed by atoms with Crippen LogP contribution in [0.5, 0.6) is 0 Å². The molecule has 2 aliphatic heterocycles. The number of amides is 1. The number of nitrogens with two attached hydrogens (primary N) is 1. The van der Waals surface area contributed by atoms with Crippen molar-refractivity contribution in [2.45, 2.75) is 31.3 Å². The average Bonchev–Trinajstić information content (AvgIpc) is 2.98. The van der Waals surface area contributed by atoms with E-state index in [-0.39, 0.29) is 11.5 Å². The Balaban J connectivity index is 1.60. The van der Waals surface area contributed by atoms with Crippen LogP contribution in [0.25, 0.3) is 0 Å². The number of H-pyrrole nitrogens is 1. The van der Waals surface area contributed by atoms with Crippen LogP contribution in [0.15, 0.2) is 23.1 Å². The van der Waals surface area contributed by atoms with Crippen molar-refractivity contribution in [3.8, 4) is 0 Å². The third-order valence-corrected chi connectivity index (χ3v) is 4.57. The van der Waals surface area contributed by atoms with Gasteiger partial charge in [0.25, 0.3) is 5.91 Å². The Bertz CT molecular complexity index is 543. The Morgan fingerprint density at radius 2 is 1.95 bits per heavy atom. The number of hydrogen-bond donors (Lipinski definition) is 2. The van der Waals surface area contributed by atoms with E-state index in [1.807, 2.05) is 4.90 Å². The summed E-state index contributed by atoms with van der Waals surface area (Å²) in [6, 6.07) is 3.77. The third kappa shape index (κ3) is 3.16. The van der Waals surface area contributed by atoms with Gasteiger partial charge in [0.1, 0.15) is 0 Å². The molecule has 1 aromatic heterocycles. The molecule has 0 radical (unpaired) electrons. The molecule has 2 fully saturated rings. The Kier molecular flexibility index (Phi) is 4.07. The van der Waals surface area contributed by atoms with Gasteiger partial charge in [0.2, 0.25) is 5.56 Å². The van der Waals surface area contributed by atoms with Gasteiger partial charge < -0.3 is 15.6 Å². The van der Waals surface area contributed by atoms with E-state index in [4.69, 9.17) is 5.73 Å². The molecule has 1 atom stereocenters. The largest absolute Gasteiger partial charge is 0.337 e. The monoisotopic (exact) mass is 290 g/mol. The minimum atomic E-state index is -0.185. The van der Waals surface area contributed by atoms with Crippen LogP contribution >= 0.6 is 0 Å². The van der Waals surface area contributed by atoms with E-state index >= 15 is 0 Å². The van der Waals surface area contributed by atoms with Gasteiger partial charge >= 0.3 is 0 Å². The van der Waals surface area contributed by atoms with Crippen molar-refractivity contribution in [1.29, 1.82) is 0 Å². The van der Waals surface area contributed by atoms with Crippen molar-refractivity contribution in [2.24, 2.45) is 5.73 Å². The van der Waals surface area contributed by atoms with E-state index in [9.17, 15) is 9.59 Å². The van der Waals surface area contributed by atoms with E-state index < -0.39 is 0 Å². The fourth-order valence-electron chi connectivity index (χ4n) is 3.24. The Morgan fingerprint density at radius 1 is 1.19 bits per heavy atom. The van der Waals surface area contributed by atoms with Gasteiger partial charge in [0, 0.05) is 37.4 Å². The van der Waals surface area contributed by atoms with Crippen molar-refractivity contribution in [3.05, 3.63) is 34.2 Å². The molecular formula is C15H22N4O2. The molecule has 114 valence electrons. The first kappa shape index (κ1) is 14.3. The number of aromatic nitrogens is 1. The lowest BCUT2D eigenvalue weighted by Crippen LogP contribution is -2.46. The summed E-state index contributed by atoms with van der Waals surface area (Å²) in [4.78, 5) is 30.4. The summed E-state index contributed by atoms with van der Waals surface area (Å²) in [7, 11) is 0. The normalized spacial score (nSPS) is 24.4. The molecule has 21 heavy (non-hydrogen) atoms.